The lowest BCUT2D eigenvalue weighted by Crippen LogP contribution is -2.71. The molecular formula is C24H25N3O7S. The van der Waals surface area contributed by atoms with E-state index < -0.39 is 52.1 Å². The number of hydrogen-bond donors (Lipinski definition) is 4. The molecule has 184 valence electrons. The van der Waals surface area contributed by atoms with Crippen molar-refractivity contribution in [2.45, 2.75) is 48.7 Å². The predicted octanol–water partition coefficient (Wildman–Crippen LogP) is 1.99. The number of nitrogens with zero attached hydrogens (tertiary/aromatic N) is 1. The topological polar surface area (TPSA) is 145 Å². The first-order valence-electron chi connectivity index (χ1n) is 10.9. The molecule has 4 rings (SSSR count). The molecule has 2 aromatic carbocycles. The number of thioether (sulfide) groups is 1. The molecular weight excluding hydrogens is 474 g/mol. The molecule has 0 saturated carbocycles. The second-order valence-corrected chi connectivity index (χ2v) is 10.6. The Bertz CT molecular complexity index is 1140. The van der Waals surface area contributed by atoms with Crippen molar-refractivity contribution in [1.29, 1.82) is 0 Å². The van der Waals surface area contributed by atoms with Crippen LogP contribution < -0.4 is 10.6 Å². The third kappa shape index (κ3) is 4.90. The van der Waals surface area contributed by atoms with E-state index in [1.54, 1.807) is 38.1 Å². The van der Waals surface area contributed by atoms with Crippen LogP contribution in [0, 0.1) is 0 Å². The fourth-order valence-corrected chi connectivity index (χ4v) is 5.86. The number of carboxylic acid groups (broad SMARTS) is 1. The van der Waals surface area contributed by atoms with E-state index >= 15 is 0 Å². The van der Waals surface area contributed by atoms with Gasteiger partial charge in [0.15, 0.2) is 0 Å². The number of benzene rings is 2. The van der Waals surface area contributed by atoms with Crippen LogP contribution in [-0.4, -0.2) is 61.2 Å². The highest BCUT2D eigenvalue weighted by atomic mass is 32.2. The molecule has 2 aliphatic rings. The van der Waals surface area contributed by atoms with Gasteiger partial charge in [0.1, 0.15) is 35.9 Å². The molecule has 2 heterocycles. The van der Waals surface area contributed by atoms with E-state index in [1.807, 2.05) is 6.07 Å². The second kappa shape index (κ2) is 9.49. The van der Waals surface area contributed by atoms with Crippen molar-refractivity contribution in [3.8, 4) is 5.75 Å². The van der Waals surface area contributed by atoms with E-state index in [0.717, 1.165) is 5.56 Å². The van der Waals surface area contributed by atoms with Crippen molar-refractivity contribution in [3.05, 3.63) is 65.7 Å². The molecule has 4 atom stereocenters. The molecule has 2 fully saturated rings. The van der Waals surface area contributed by atoms with Crippen molar-refractivity contribution >= 4 is 35.6 Å². The quantitative estimate of drug-likeness (QED) is 0.423. The highest BCUT2D eigenvalue weighted by molar-refractivity contribution is 8.01. The first-order valence-corrected chi connectivity index (χ1v) is 11.8. The lowest BCUT2D eigenvalue weighted by Gasteiger charge is -2.44. The van der Waals surface area contributed by atoms with E-state index in [-0.39, 0.29) is 12.4 Å². The number of nitrogens with one attached hydrogen (secondary N) is 2. The number of rotatable bonds is 7. The number of amides is 3. The number of ether oxygens (including phenoxy) is 1. The van der Waals surface area contributed by atoms with Gasteiger partial charge >= 0.3 is 12.1 Å². The summed E-state index contributed by atoms with van der Waals surface area (Å²) in [5.74, 6) is -2.28. The van der Waals surface area contributed by atoms with Gasteiger partial charge in [-0.1, -0.05) is 42.5 Å². The molecule has 0 spiro atoms. The van der Waals surface area contributed by atoms with Crippen molar-refractivity contribution in [3.63, 3.8) is 0 Å². The summed E-state index contributed by atoms with van der Waals surface area (Å²) in [4.78, 5) is 51.4. The number of phenols is 1. The van der Waals surface area contributed by atoms with E-state index in [2.05, 4.69) is 10.6 Å². The van der Waals surface area contributed by atoms with E-state index in [1.165, 1.54) is 40.9 Å². The highest BCUT2D eigenvalue weighted by Crippen LogP contribution is 2.50. The molecule has 10 nitrogen and oxygen atoms in total. The summed E-state index contributed by atoms with van der Waals surface area (Å²) in [7, 11) is 0. The SMILES string of the molecule is CC1(C)S[C@@H]2[C@H](NC(=O)C(NC(=O)OCc3ccccc3)c3ccc(O)cc3)C(=O)N2[C@H]1C(=O)O. The molecule has 0 aromatic heterocycles. The lowest BCUT2D eigenvalue weighted by atomic mass is 9.95. The molecule has 0 aliphatic carbocycles. The van der Waals surface area contributed by atoms with Gasteiger partial charge in [0.25, 0.3) is 0 Å². The minimum atomic E-state index is -1.21. The van der Waals surface area contributed by atoms with Gasteiger partial charge in [-0.25, -0.2) is 9.59 Å². The van der Waals surface area contributed by atoms with Crippen LogP contribution in [-0.2, 0) is 25.7 Å². The van der Waals surface area contributed by atoms with Crippen molar-refractivity contribution in [2.75, 3.05) is 0 Å². The summed E-state index contributed by atoms with van der Waals surface area (Å²) in [5, 5.41) is 23.8. The van der Waals surface area contributed by atoms with Crippen molar-refractivity contribution in [1.82, 2.24) is 15.5 Å². The predicted molar refractivity (Wildman–Crippen MR) is 126 cm³/mol. The van der Waals surface area contributed by atoms with Gasteiger partial charge in [-0.2, -0.15) is 0 Å². The summed E-state index contributed by atoms with van der Waals surface area (Å²) >= 11 is 1.30. The molecule has 2 saturated heterocycles. The lowest BCUT2D eigenvalue weighted by molar-refractivity contribution is -0.161. The van der Waals surface area contributed by atoms with Crippen molar-refractivity contribution < 1.29 is 34.1 Å². The maximum absolute atomic E-state index is 13.2. The highest BCUT2D eigenvalue weighted by Gasteiger charge is 2.64. The zero-order valence-electron chi connectivity index (χ0n) is 19.0. The first kappa shape index (κ1) is 24.4. The summed E-state index contributed by atoms with van der Waals surface area (Å²) < 4.78 is 4.50. The Balaban J connectivity index is 1.47. The fourth-order valence-electron chi connectivity index (χ4n) is 4.23. The van der Waals surface area contributed by atoms with Crippen LogP contribution in [0.1, 0.15) is 31.0 Å². The average Bonchev–Trinajstić information content (AvgIpc) is 3.08. The van der Waals surface area contributed by atoms with Crippen LogP contribution in [0.2, 0.25) is 0 Å². The minimum absolute atomic E-state index is 0.00294. The number of aromatic hydroxyl groups is 1. The Morgan fingerprint density at radius 3 is 2.40 bits per heavy atom. The molecule has 2 aromatic rings. The van der Waals surface area contributed by atoms with Crippen LogP contribution in [0.3, 0.4) is 0 Å². The number of hydrogen-bond acceptors (Lipinski definition) is 7. The smallest absolute Gasteiger partial charge is 0.408 e. The standard InChI is InChI=1S/C24H25N3O7S/c1-24(2)18(22(31)32)27-20(30)17(21(27)35-24)25-19(29)16(14-8-10-15(28)11-9-14)26-23(33)34-12-13-6-4-3-5-7-13/h3-11,16-18,21,28H,12H2,1-2H3,(H,25,29)(H,26,33)(H,31,32)/t16?,17-,18+,21-/m1/s1. The van der Waals surface area contributed by atoms with Crippen LogP contribution >= 0.6 is 11.8 Å². The van der Waals surface area contributed by atoms with E-state index in [9.17, 15) is 29.4 Å². The number of carbonyl (C=O) groups excluding carboxylic acids is 3. The molecule has 11 heteroatoms. The number of carboxylic acids is 1. The molecule has 35 heavy (non-hydrogen) atoms. The van der Waals surface area contributed by atoms with Crippen LogP contribution in [0.25, 0.3) is 0 Å². The maximum Gasteiger partial charge on any atom is 0.408 e. The number of aliphatic carboxylic acids is 1. The summed E-state index contributed by atoms with van der Waals surface area (Å²) in [6.45, 7) is 3.48. The zero-order valence-corrected chi connectivity index (χ0v) is 19.8. The van der Waals surface area contributed by atoms with Crippen LogP contribution in [0.15, 0.2) is 54.6 Å². The number of phenolic OH excluding ortho intramolecular Hbond substituents is 1. The van der Waals surface area contributed by atoms with Crippen molar-refractivity contribution in [2.24, 2.45) is 0 Å². The van der Waals surface area contributed by atoms with E-state index in [0.29, 0.717) is 5.56 Å². The Morgan fingerprint density at radius 2 is 1.77 bits per heavy atom. The van der Waals surface area contributed by atoms with Gasteiger partial charge in [-0.05, 0) is 37.1 Å². The van der Waals surface area contributed by atoms with Gasteiger partial charge < -0.3 is 30.5 Å². The van der Waals surface area contributed by atoms with Gasteiger partial charge in [-0.3, -0.25) is 9.59 Å². The van der Waals surface area contributed by atoms with Crippen LogP contribution in [0.4, 0.5) is 4.79 Å². The van der Waals surface area contributed by atoms with Gasteiger partial charge in [0.05, 0.1) is 0 Å². The number of fused-ring (bicyclic) bond motifs is 1. The van der Waals surface area contributed by atoms with Crippen LogP contribution in [0.5, 0.6) is 5.75 Å². The number of β-lactam (4-membered cyclic amide) rings is 1. The maximum atomic E-state index is 13.2. The monoisotopic (exact) mass is 499 g/mol. The third-order valence-electron chi connectivity index (χ3n) is 5.94. The summed E-state index contributed by atoms with van der Waals surface area (Å²) in [6, 6.07) is 11.6. The van der Waals surface area contributed by atoms with Gasteiger partial charge in [0.2, 0.25) is 11.8 Å². The summed E-state index contributed by atoms with van der Waals surface area (Å²) in [5.41, 5.74) is 1.13. The van der Waals surface area contributed by atoms with Gasteiger partial charge in [0, 0.05) is 4.75 Å². The Morgan fingerprint density at radius 1 is 1.11 bits per heavy atom. The Labute approximate surface area is 205 Å². The normalized spacial score (nSPS) is 23.0. The Hall–Kier alpha value is -3.73. The zero-order chi connectivity index (χ0) is 25.3. The average molecular weight is 500 g/mol. The molecule has 1 unspecified atom stereocenters. The molecule has 0 bridgehead atoms. The van der Waals surface area contributed by atoms with Gasteiger partial charge in [-0.15, -0.1) is 11.8 Å². The fraction of sp³-hybridized carbons (Fsp3) is 0.333. The number of carbonyl (C=O) groups is 4. The molecule has 0 radical (unpaired) electrons. The van der Waals surface area contributed by atoms with E-state index in [4.69, 9.17) is 4.74 Å². The Kier molecular flexibility index (Phi) is 6.62. The molecule has 2 aliphatic heterocycles. The number of alkyl carbamates (subject to hydrolysis) is 1. The molecule has 4 N–H and O–H groups in total. The summed E-state index contributed by atoms with van der Waals surface area (Å²) in [6.07, 6.45) is -0.842. The molecule has 3 amide bonds. The largest absolute Gasteiger partial charge is 0.508 e. The first-order chi connectivity index (χ1) is 16.6. The second-order valence-electron chi connectivity index (χ2n) is 8.82. The minimum Gasteiger partial charge on any atom is -0.508 e. The third-order valence-corrected chi connectivity index (χ3v) is 7.51.